The van der Waals surface area contributed by atoms with Gasteiger partial charge in [-0.05, 0) is 80.4 Å². The van der Waals surface area contributed by atoms with E-state index < -0.39 is 11.2 Å². The Balaban J connectivity index is 2.52. The Morgan fingerprint density at radius 2 is 1.49 bits per heavy atom. The normalized spacial score (nSPS) is 16.2. The van der Waals surface area contributed by atoms with Crippen LogP contribution in [-0.4, -0.2) is 21.8 Å². The maximum Gasteiger partial charge on any atom is 0.183 e. The summed E-state index contributed by atoms with van der Waals surface area (Å²) in [6.07, 6.45) is 4.11. The largest absolute Gasteiger partial charge is 0.511 e. The van der Waals surface area contributed by atoms with E-state index in [1.807, 2.05) is 12.1 Å². The summed E-state index contributed by atoms with van der Waals surface area (Å²) in [4.78, 5) is 27.5. The second kappa shape index (κ2) is 12.8. The van der Waals surface area contributed by atoms with Crippen LogP contribution < -0.4 is 0 Å². The van der Waals surface area contributed by atoms with E-state index in [-0.39, 0.29) is 29.3 Å². The third-order valence-corrected chi connectivity index (χ3v) is 7.24. The van der Waals surface area contributed by atoms with E-state index in [1.54, 1.807) is 12.1 Å². The molecular weight excluding hydrogens is 460 g/mol. The Hall–Kier alpha value is -2.07. The van der Waals surface area contributed by atoms with E-state index in [9.17, 15) is 19.8 Å². The number of Topliss-reactive ketones (excluding diaryl/α,β-unsaturated/α-hetero) is 2. The van der Waals surface area contributed by atoms with Gasteiger partial charge in [0.1, 0.15) is 17.1 Å². The maximum atomic E-state index is 14.0. The molecule has 1 aliphatic rings. The molecule has 1 aliphatic carbocycles. The molecule has 0 aromatic heterocycles. The van der Waals surface area contributed by atoms with E-state index in [4.69, 9.17) is 11.6 Å². The second-order valence-electron chi connectivity index (χ2n) is 11.3. The number of allylic oxidation sites excluding steroid dienone is 3. The van der Waals surface area contributed by atoms with Crippen molar-refractivity contribution >= 4 is 23.2 Å². The zero-order valence-corrected chi connectivity index (χ0v) is 23.0. The molecule has 0 unspecified atom stereocenters. The molecule has 5 heteroatoms. The first-order chi connectivity index (χ1) is 16.4. The smallest absolute Gasteiger partial charge is 0.183 e. The molecule has 1 aromatic rings. The molecule has 0 radical (unpaired) electrons. The molecule has 2 N–H and O–H groups in total. The minimum atomic E-state index is -1.16. The first kappa shape index (κ1) is 29.2. The van der Waals surface area contributed by atoms with Gasteiger partial charge in [-0.15, -0.1) is 0 Å². The van der Waals surface area contributed by atoms with Crippen LogP contribution in [0.25, 0.3) is 0 Å². The van der Waals surface area contributed by atoms with Crippen LogP contribution in [0, 0.1) is 23.2 Å². The molecule has 1 aromatic carbocycles. The van der Waals surface area contributed by atoms with Crippen LogP contribution in [-0.2, 0) is 16.0 Å². The van der Waals surface area contributed by atoms with Gasteiger partial charge >= 0.3 is 0 Å². The van der Waals surface area contributed by atoms with E-state index in [0.717, 1.165) is 24.8 Å². The number of carbonyl (C=O) groups is 2. The van der Waals surface area contributed by atoms with Gasteiger partial charge in [-0.25, -0.2) is 0 Å². The van der Waals surface area contributed by atoms with Crippen LogP contribution in [0.2, 0.25) is 5.02 Å². The Morgan fingerprint density at radius 3 is 2.00 bits per heavy atom. The highest BCUT2D eigenvalue weighted by atomic mass is 35.5. The molecule has 0 amide bonds. The molecule has 0 spiro atoms. The van der Waals surface area contributed by atoms with Gasteiger partial charge in [-0.3, -0.25) is 9.59 Å². The molecule has 0 aliphatic heterocycles. The van der Waals surface area contributed by atoms with Crippen LogP contribution in [0.3, 0.4) is 0 Å². The Bertz CT molecular complexity index is 956. The van der Waals surface area contributed by atoms with Crippen molar-refractivity contribution in [1.29, 1.82) is 0 Å². The van der Waals surface area contributed by atoms with Gasteiger partial charge in [0.25, 0.3) is 0 Å². The van der Waals surface area contributed by atoms with Crippen molar-refractivity contribution in [3.8, 4) is 0 Å². The third-order valence-electron chi connectivity index (χ3n) is 7.00. The summed E-state index contributed by atoms with van der Waals surface area (Å²) < 4.78 is 0. The van der Waals surface area contributed by atoms with Crippen LogP contribution in [0.1, 0.15) is 92.1 Å². The number of hydrogen-bond donors (Lipinski definition) is 2. The topological polar surface area (TPSA) is 74.6 Å². The molecule has 0 heterocycles. The molecular formula is C30H43ClO4. The number of halogens is 1. The highest BCUT2D eigenvalue weighted by molar-refractivity contribution is 6.30. The van der Waals surface area contributed by atoms with Crippen LogP contribution >= 0.6 is 11.6 Å². The molecule has 0 atom stereocenters. The Kier molecular flexibility index (Phi) is 10.6. The van der Waals surface area contributed by atoms with Crippen molar-refractivity contribution in [3.63, 3.8) is 0 Å². The fraction of sp³-hybridized carbons (Fsp3) is 0.600. The number of aryl methyl sites for hydroxylation is 1. The van der Waals surface area contributed by atoms with Crippen LogP contribution in [0.5, 0.6) is 0 Å². The van der Waals surface area contributed by atoms with Crippen molar-refractivity contribution < 1.29 is 19.8 Å². The fourth-order valence-corrected chi connectivity index (χ4v) is 4.88. The summed E-state index contributed by atoms with van der Waals surface area (Å²) in [5.74, 6) is -0.108. The number of rotatable bonds is 13. The molecule has 2 rings (SSSR count). The molecule has 35 heavy (non-hydrogen) atoms. The molecule has 0 fully saturated rings. The zero-order valence-electron chi connectivity index (χ0n) is 22.3. The first-order valence-electron chi connectivity index (χ1n) is 13.1. The SMILES string of the molecule is CC(C)CCC1=C(O)C(CCC(C)C)(CCC(C)C)C(=O)C(C(=O)CCc2cccc(Cl)c2)=C1O. The predicted molar refractivity (Wildman–Crippen MR) is 144 cm³/mol. The predicted octanol–water partition coefficient (Wildman–Crippen LogP) is 8.34. The zero-order chi connectivity index (χ0) is 26.3. The van der Waals surface area contributed by atoms with Gasteiger partial charge in [0.15, 0.2) is 11.6 Å². The highest BCUT2D eigenvalue weighted by Gasteiger charge is 2.50. The molecule has 0 saturated carbocycles. The highest BCUT2D eigenvalue weighted by Crippen LogP contribution is 2.48. The Morgan fingerprint density at radius 1 is 0.914 bits per heavy atom. The summed E-state index contributed by atoms with van der Waals surface area (Å²) in [6, 6.07) is 7.31. The lowest BCUT2D eigenvalue weighted by Gasteiger charge is -2.38. The van der Waals surface area contributed by atoms with E-state index in [0.29, 0.717) is 54.0 Å². The van der Waals surface area contributed by atoms with Crippen LogP contribution in [0.15, 0.2) is 46.9 Å². The first-order valence-corrected chi connectivity index (χ1v) is 13.5. The quantitative estimate of drug-likeness (QED) is 0.266. The third kappa shape index (κ3) is 7.46. The lowest BCUT2D eigenvalue weighted by atomic mass is 9.64. The minimum absolute atomic E-state index is 0.0201. The summed E-state index contributed by atoms with van der Waals surface area (Å²) in [6.45, 7) is 12.5. The Labute approximate surface area is 216 Å². The minimum Gasteiger partial charge on any atom is -0.511 e. The van der Waals surface area contributed by atoms with Crippen molar-refractivity contribution in [3.05, 3.63) is 57.5 Å². The van der Waals surface area contributed by atoms with E-state index in [1.165, 1.54) is 0 Å². The lowest BCUT2D eigenvalue weighted by Crippen LogP contribution is -2.41. The monoisotopic (exact) mass is 502 g/mol. The van der Waals surface area contributed by atoms with Crippen molar-refractivity contribution in [1.82, 2.24) is 0 Å². The average Bonchev–Trinajstić information content (AvgIpc) is 2.77. The van der Waals surface area contributed by atoms with Gasteiger partial charge in [0.2, 0.25) is 0 Å². The summed E-state index contributed by atoms with van der Waals surface area (Å²) in [5.41, 5.74) is -0.0137. The van der Waals surface area contributed by atoms with Crippen molar-refractivity contribution in [2.75, 3.05) is 0 Å². The second-order valence-corrected chi connectivity index (χ2v) is 11.7. The summed E-state index contributed by atoms with van der Waals surface area (Å²) in [7, 11) is 0. The van der Waals surface area contributed by atoms with E-state index in [2.05, 4.69) is 41.5 Å². The molecule has 0 bridgehead atoms. The number of carbonyl (C=O) groups excluding carboxylic acids is 2. The number of benzene rings is 1. The van der Waals surface area contributed by atoms with E-state index >= 15 is 0 Å². The van der Waals surface area contributed by atoms with Gasteiger partial charge in [0.05, 0.1) is 5.41 Å². The summed E-state index contributed by atoms with van der Waals surface area (Å²) in [5, 5.41) is 23.3. The number of hydrogen-bond acceptors (Lipinski definition) is 4. The lowest BCUT2D eigenvalue weighted by molar-refractivity contribution is -0.129. The van der Waals surface area contributed by atoms with Gasteiger partial charge in [0, 0.05) is 17.0 Å². The molecule has 4 nitrogen and oxygen atoms in total. The van der Waals surface area contributed by atoms with Gasteiger partial charge < -0.3 is 10.2 Å². The van der Waals surface area contributed by atoms with Crippen molar-refractivity contribution in [2.45, 2.75) is 92.9 Å². The number of aliphatic hydroxyl groups excluding tert-OH is 2. The number of ketones is 2. The fourth-order valence-electron chi connectivity index (χ4n) is 4.67. The standard InChI is InChI=1S/C30H43ClO4/c1-19(2)10-12-24-27(33)26(25(32)13-11-22-8-7-9-23(31)18-22)29(35)30(28(24)34,16-14-20(3)4)17-15-21(5)6/h7-9,18-21,33-34H,10-17H2,1-6H3. The average molecular weight is 503 g/mol. The van der Waals surface area contributed by atoms with Crippen molar-refractivity contribution in [2.24, 2.45) is 23.2 Å². The maximum absolute atomic E-state index is 14.0. The van der Waals surface area contributed by atoms with Crippen LogP contribution in [0.4, 0.5) is 0 Å². The number of aliphatic hydroxyl groups is 2. The summed E-state index contributed by atoms with van der Waals surface area (Å²) >= 11 is 6.09. The molecule has 194 valence electrons. The molecule has 0 saturated heterocycles. The van der Waals surface area contributed by atoms with Gasteiger partial charge in [-0.2, -0.15) is 0 Å². The van der Waals surface area contributed by atoms with Gasteiger partial charge in [-0.1, -0.05) is 65.3 Å².